The molecule has 1 aromatic rings. The lowest BCUT2D eigenvalue weighted by molar-refractivity contribution is -0.140. The number of hydrogen-bond acceptors (Lipinski definition) is 5. The number of carbonyl (C=O) groups is 1. The first-order valence-corrected chi connectivity index (χ1v) is 8.99. The predicted octanol–water partition coefficient (Wildman–Crippen LogP) is 0.951. The first-order valence-electron chi connectivity index (χ1n) is 7.06. The van der Waals surface area contributed by atoms with Gasteiger partial charge in [0.15, 0.2) is 0 Å². The summed E-state index contributed by atoms with van der Waals surface area (Å²) in [6.07, 6.45) is 0.812. The molecule has 1 heterocycles. The molecule has 1 saturated heterocycles. The molecule has 1 aliphatic heterocycles. The Morgan fingerprint density at radius 2 is 1.96 bits per heavy atom. The van der Waals surface area contributed by atoms with Crippen molar-refractivity contribution in [1.29, 1.82) is 0 Å². The number of nitrogens with zero attached hydrogens (tertiary/aromatic N) is 1. The minimum atomic E-state index is -4.30. The molecule has 1 aromatic carbocycles. The second kappa shape index (κ2) is 6.76. The van der Waals surface area contributed by atoms with E-state index in [1.807, 2.05) is 11.9 Å². The Hall–Kier alpha value is -1.16. The van der Waals surface area contributed by atoms with Crippen LogP contribution in [0.3, 0.4) is 0 Å². The number of carboxylic acids is 1. The number of piperidine rings is 1. The molecule has 1 aliphatic rings. The van der Waals surface area contributed by atoms with Crippen LogP contribution in [0, 0.1) is 5.82 Å². The van der Waals surface area contributed by atoms with Crippen LogP contribution in [0.1, 0.15) is 12.8 Å². The third-order valence-electron chi connectivity index (χ3n) is 4.04. The molecule has 6 nitrogen and oxygen atoms in total. The van der Waals surface area contributed by atoms with Crippen LogP contribution in [0.4, 0.5) is 4.39 Å². The van der Waals surface area contributed by atoms with Crippen LogP contribution in [0.25, 0.3) is 0 Å². The van der Waals surface area contributed by atoms with Crippen LogP contribution in [0.5, 0.6) is 0 Å². The number of aliphatic carboxylic acids is 1. The molecule has 0 radical (unpaired) electrons. The van der Waals surface area contributed by atoms with E-state index in [4.69, 9.17) is 0 Å². The number of likely N-dealkylation sites (tertiary alicyclic amines) is 1. The largest absolute Gasteiger partial charge is 0.480 e. The van der Waals surface area contributed by atoms with Crippen LogP contribution in [0.2, 0.25) is 0 Å². The van der Waals surface area contributed by atoms with E-state index >= 15 is 0 Å². The Morgan fingerprint density at radius 1 is 1.39 bits per heavy atom. The number of rotatable bonds is 5. The van der Waals surface area contributed by atoms with Gasteiger partial charge in [-0.15, -0.1) is 0 Å². The average Bonchev–Trinajstić information content (AvgIpc) is 2.48. The fourth-order valence-electron chi connectivity index (χ4n) is 2.57. The van der Waals surface area contributed by atoms with E-state index in [9.17, 15) is 22.7 Å². The maximum absolute atomic E-state index is 13.7. The number of nitrogens with one attached hydrogen (secondary N) is 1. The SMILES string of the molecule is CN1CCC(S)([C@H](NS(=O)(=O)c2ccccc2F)C(=O)O)CC1. The Balaban J connectivity index is 2.30. The van der Waals surface area contributed by atoms with Gasteiger partial charge in [-0.2, -0.15) is 17.4 Å². The molecule has 0 saturated carbocycles. The lowest BCUT2D eigenvalue weighted by Gasteiger charge is -2.40. The lowest BCUT2D eigenvalue weighted by Crippen LogP contribution is -2.57. The third-order valence-corrected chi connectivity index (χ3v) is 6.20. The van der Waals surface area contributed by atoms with E-state index in [0.717, 1.165) is 12.1 Å². The van der Waals surface area contributed by atoms with E-state index < -0.39 is 37.5 Å². The summed E-state index contributed by atoms with van der Waals surface area (Å²) in [5.74, 6) is -2.26. The molecule has 2 rings (SSSR count). The molecular weight excluding hydrogens is 343 g/mol. The zero-order valence-electron chi connectivity index (χ0n) is 12.6. The van der Waals surface area contributed by atoms with Crippen molar-refractivity contribution in [2.24, 2.45) is 0 Å². The summed E-state index contributed by atoms with van der Waals surface area (Å²) in [4.78, 5) is 13.0. The van der Waals surface area contributed by atoms with Crippen molar-refractivity contribution in [2.75, 3.05) is 20.1 Å². The van der Waals surface area contributed by atoms with E-state index in [0.29, 0.717) is 25.9 Å². The number of benzene rings is 1. The second-order valence-electron chi connectivity index (χ2n) is 5.73. The van der Waals surface area contributed by atoms with Crippen LogP contribution in [-0.4, -0.2) is 55.3 Å². The molecule has 0 aromatic heterocycles. The van der Waals surface area contributed by atoms with Crippen molar-refractivity contribution < 1.29 is 22.7 Å². The van der Waals surface area contributed by atoms with Gasteiger partial charge < -0.3 is 10.0 Å². The molecule has 0 aliphatic carbocycles. The zero-order chi connectivity index (χ0) is 17.3. The Morgan fingerprint density at radius 3 is 2.48 bits per heavy atom. The summed E-state index contributed by atoms with van der Waals surface area (Å²) in [7, 11) is -2.41. The fourth-order valence-corrected chi connectivity index (χ4v) is 4.37. The van der Waals surface area contributed by atoms with E-state index in [1.54, 1.807) is 0 Å². The van der Waals surface area contributed by atoms with Gasteiger partial charge in [0.1, 0.15) is 16.8 Å². The van der Waals surface area contributed by atoms with Gasteiger partial charge >= 0.3 is 5.97 Å². The fraction of sp³-hybridized carbons (Fsp3) is 0.500. The van der Waals surface area contributed by atoms with E-state index in [2.05, 4.69) is 17.4 Å². The summed E-state index contributed by atoms with van der Waals surface area (Å²) in [5.41, 5.74) is 0. The summed E-state index contributed by atoms with van der Waals surface area (Å²) < 4.78 is 39.5. The van der Waals surface area contributed by atoms with Crippen molar-refractivity contribution in [1.82, 2.24) is 9.62 Å². The van der Waals surface area contributed by atoms with Gasteiger partial charge in [-0.25, -0.2) is 12.8 Å². The quantitative estimate of drug-likeness (QED) is 0.679. The van der Waals surface area contributed by atoms with Gasteiger partial charge in [0.25, 0.3) is 0 Å². The summed E-state index contributed by atoms with van der Waals surface area (Å²) in [6, 6.07) is 3.40. The number of sulfonamides is 1. The molecule has 0 amide bonds. The first-order chi connectivity index (χ1) is 10.7. The van der Waals surface area contributed by atoms with E-state index in [1.165, 1.54) is 12.1 Å². The molecule has 9 heteroatoms. The molecular formula is C14H19FN2O4S2. The Bertz CT molecular complexity index is 688. The van der Waals surface area contributed by atoms with Gasteiger partial charge in [0, 0.05) is 4.75 Å². The van der Waals surface area contributed by atoms with Crippen molar-refractivity contribution in [3.8, 4) is 0 Å². The van der Waals surface area contributed by atoms with Crippen LogP contribution in [-0.2, 0) is 14.8 Å². The number of halogens is 1. The number of carboxylic acid groups (broad SMARTS) is 1. The van der Waals surface area contributed by atoms with Crippen molar-refractivity contribution in [3.63, 3.8) is 0 Å². The standard InChI is InChI=1S/C14H19FN2O4S2/c1-17-8-6-14(22,7-9-17)12(13(18)19)16-23(20,21)11-5-3-2-4-10(11)15/h2-5,12,16,22H,6-9H2,1H3,(H,18,19)/t12-/m1/s1. The van der Waals surface area contributed by atoms with E-state index in [-0.39, 0.29) is 0 Å². The van der Waals surface area contributed by atoms with Crippen molar-refractivity contribution >= 4 is 28.6 Å². The number of hydrogen-bond donors (Lipinski definition) is 3. The van der Waals surface area contributed by atoms with Crippen LogP contribution < -0.4 is 4.72 Å². The van der Waals surface area contributed by atoms with Crippen LogP contribution in [0.15, 0.2) is 29.2 Å². The lowest BCUT2D eigenvalue weighted by atomic mass is 9.89. The smallest absolute Gasteiger partial charge is 0.323 e. The maximum atomic E-state index is 13.7. The Labute approximate surface area is 140 Å². The normalized spacial score (nSPS) is 20.1. The third kappa shape index (κ3) is 4.03. The van der Waals surface area contributed by atoms with Gasteiger partial charge in [-0.3, -0.25) is 4.79 Å². The summed E-state index contributed by atoms with van der Waals surface area (Å²) >= 11 is 4.45. The van der Waals surface area contributed by atoms with Gasteiger partial charge in [-0.05, 0) is 45.1 Å². The van der Waals surface area contributed by atoms with Crippen molar-refractivity contribution in [2.45, 2.75) is 28.5 Å². The molecule has 1 fully saturated rings. The highest BCUT2D eigenvalue weighted by Crippen LogP contribution is 2.33. The highest BCUT2D eigenvalue weighted by atomic mass is 32.2. The summed E-state index contributed by atoms with van der Waals surface area (Å²) in [5, 5.41) is 9.45. The molecule has 0 bridgehead atoms. The highest BCUT2D eigenvalue weighted by molar-refractivity contribution is 7.89. The molecule has 0 unspecified atom stereocenters. The number of thiol groups is 1. The average molecular weight is 362 g/mol. The highest BCUT2D eigenvalue weighted by Gasteiger charge is 2.44. The van der Waals surface area contributed by atoms with Gasteiger partial charge in [0.05, 0.1) is 0 Å². The minimum absolute atomic E-state index is 0.406. The first kappa shape index (κ1) is 18.2. The van der Waals surface area contributed by atoms with Gasteiger partial charge in [0.2, 0.25) is 10.0 Å². The molecule has 128 valence electrons. The topological polar surface area (TPSA) is 86.7 Å². The zero-order valence-corrected chi connectivity index (χ0v) is 14.3. The minimum Gasteiger partial charge on any atom is -0.480 e. The second-order valence-corrected chi connectivity index (χ2v) is 8.30. The molecule has 23 heavy (non-hydrogen) atoms. The van der Waals surface area contributed by atoms with Crippen LogP contribution >= 0.6 is 12.6 Å². The molecule has 0 spiro atoms. The predicted molar refractivity (Wildman–Crippen MR) is 86.6 cm³/mol. The van der Waals surface area contributed by atoms with Crippen molar-refractivity contribution in [3.05, 3.63) is 30.1 Å². The molecule has 1 atom stereocenters. The summed E-state index contributed by atoms with van der Waals surface area (Å²) in [6.45, 7) is 1.21. The maximum Gasteiger partial charge on any atom is 0.323 e. The monoisotopic (exact) mass is 362 g/mol. The van der Waals surface area contributed by atoms with Gasteiger partial charge in [-0.1, -0.05) is 12.1 Å². The Kier molecular flexibility index (Phi) is 5.34. The molecule has 2 N–H and O–H groups in total.